The van der Waals surface area contributed by atoms with Crippen LogP contribution in [0.1, 0.15) is 33.8 Å². The quantitative estimate of drug-likeness (QED) is 0.286. The van der Waals surface area contributed by atoms with Gasteiger partial charge in [0, 0.05) is 28.8 Å². The molecule has 0 aliphatic carbocycles. The molecule has 2 atom stereocenters. The number of methoxy groups -OCH3 is 1. The number of aromatic hydroxyl groups is 1. The number of hydrogen-bond acceptors (Lipinski definition) is 5. The van der Waals surface area contributed by atoms with Gasteiger partial charge < -0.3 is 24.6 Å². The zero-order valence-electron chi connectivity index (χ0n) is 18.6. The van der Waals surface area contributed by atoms with Gasteiger partial charge in [0.2, 0.25) is 0 Å². The van der Waals surface area contributed by atoms with E-state index in [1.54, 1.807) is 42.6 Å². The second-order valence-corrected chi connectivity index (χ2v) is 8.80. The minimum Gasteiger partial charge on any atom is -0.506 e. The third kappa shape index (κ3) is 4.22. The van der Waals surface area contributed by atoms with Crippen LogP contribution < -0.4 is 10.2 Å². The van der Waals surface area contributed by atoms with Crippen molar-refractivity contribution in [2.24, 2.45) is 0 Å². The van der Waals surface area contributed by atoms with Crippen molar-refractivity contribution in [2.45, 2.75) is 12.1 Å². The average Bonchev–Trinajstić information content (AvgIpc) is 3.50. The first kappa shape index (κ1) is 22.9. The number of pyridine rings is 1. The summed E-state index contributed by atoms with van der Waals surface area (Å²) in [7, 11) is 1.36. The lowest BCUT2D eigenvalue weighted by atomic mass is 10.0. The van der Waals surface area contributed by atoms with Crippen molar-refractivity contribution in [2.75, 3.05) is 12.0 Å². The van der Waals surface area contributed by atoms with Gasteiger partial charge in [-0.3, -0.25) is 4.98 Å². The number of phenols is 1. The number of halogens is 1. The van der Waals surface area contributed by atoms with Crippen LogP contribution in [-0.4, -0.2) is 32.8 Å². The zero-order chi connectivity index (χ0) is 24.5. The molecule has 0 saturated carbocycles. The number of ether oxygens (including phenoxy) is 1. The van der Waals surface area contributed by atoms with E-state index in [1.807, 2.05) is 52.1 Å². The smallest absolute Gasteiger partial charge is 0.337 e. The molecular formula is C26H21ClN4O3S. The highest BCUT2D eigenvalue weighted by Gasteiger charge is 2.43. The van der Waals surface area contributed by atoms with Crippen molar-refractivity contribution in [3.8, 4) is 11.4 Å². The third-order valence-electron chi connectivity index (χ3n) is 5.92. The molecule has 7 nitrogen and oxygen atoms in total. The molecule has 2 unspecified atom stereocenters. The molecule has 5 rings (SSSR count). The van der Waals surface area contributed by atoms with Gasteiger partial charge in [-0.2, -0.15) is 0 Å². The fraction of sp³-hybridized carbons (Fsp3) is 0.115. The molecule has 35 heavy (non-hydrogen) atoms. The number of anilines is 1. The van der Waals surface area contributed by atoms with E-state index in [2.05, 4.69) is 10.3 Å². The van der Waals surface area contributed by atoms with Gasteiger partial charge in [-0.25, -0.2) is 4.79 Å². The summed E-state index contributed by atoms with van der Waals surface area (Å²) >= 11 is 12.0. The summed E-state index contributed by atoms with van der Waals surface area (Å²) < 4.78 is 6.88. The van der Waals surface area contributed by atoms with E-state index in [1.165, 1.54) is 7.11 Å². The Morgan fingerprint density at radius 2 is 1.97 bits per heavy atom. The van der Waals surface area contributed by atoms with E-state index in [0.717, 1.165) is 17.1 Å². The molecule has 1 fully saturated rings. The fourth-order valence-corrected chi connectivity index (χ4v) is 4.88. The summed E-state index contributed by atoms with van der Waals surface area (Å²) in [6.45, 7) is 0. The number of hydrogen-bond donors (Lipinski definition) is 2. The van der Waals surface area contributed by atoms with E-state index >= 15 is 0 Å². The number of carbonyl (C=O) groups is 1. The van der Waals surface area contributed by atoms with Gasteiger partial charge in [0.1, 0.15) is 11.8 Å². The summed E-state index contributed by atoms with van der Waals surface area (Å²) in [6.07, 6.45) is 3.65. The number of phenolic OH excluding ortho intramolecular Hbond substituents is 1. The van der Waals surface area contributed by atoms with E-state index in [-0.39, 0.29) is 11.8 Å². The average molecular weight is 505 g/mol. The van der Waals surface area contributed by atoms with Crippen LogP contribution in [0.2, 0.25) is 5.02 Å². The maximum Gasteiger partial charge on any atom is 0.337 e. The highest BCUT2D eigenvalue weighted by Crippen LogP contribution is 2.45. The number of nitrogens with one attached hydrogen (secondary N) is 1. The Kier molecular flexibility index (Phi) is 6.15. The maximum absolute atomic E-state index is 12.1. The topological polar surface area (TPSA) is 79.6 Å². The first-order chi connectivity index (χ1) is 17.0. The number of thiocarbonyl (C=S) groups is 1. The predicted octanol–water partition coefficient (Wildman–Crippen LogP) is 5.20. The molecule has 2 aromatic heterocycles. The molecule has 0 spiro atoms. The van der Waals surface area contributed by atoms with Crippen molar-refractivity contribution >= 4 is 40.6 Å². The lowest BCUT2D eigenvalue weighted by Crippen LogP contribution is -2.30. The summed E-state index contributed by atoms with van der Waals surface area (Å²) in [5, 5.41) is 15.0. The van der Waals surface area contributed by atoms with E-state index in [4.69, 9.17) is 28.6 Å². The minimum atomic E-state index is -0.416. The van der Waals surface area contributed by atoms with Gasteiger partial charge in [0.05, 0.1) is 30.1 Å². The molecular weight excluding hydrogens is 484 g/mol. The lowest BCUT2D eigenvalue weighted by Gasteiger charge is -2.29. The zero-order valence-corrected chi connectivity index (χ0v) is 20.2. The number of carbonyl (C=O) groups excluding carboxylic acids is 1. The first-order valence-electron chi connectivity index (χ1n) is 10.8. The van der Waals surface area contributed by atoms with E-state index < -0.39 is 12.0 Å². The molecule has 1 aliphatic rings. The first-order valence-corrected chi connectivity index (χ1v) is 11.6. The molecule has 1 aliphatic heterocycles. The Morgan fingerprint density at radius 3 is 2.74 bits per heavy atom. The minimum absolute atomic E-state index is 0.0519. The van der Waals surface area contributed by atoms with Crippen molar-refractivity contribution < 1.29 is 14.6 Å². The monoisotopic (exact) mass is 504 g/mol. The van der Waals surface area contributed by atoms with Crippen molar-refractivity contribution in [1.82, 2.24) is 14.9 Å². The van der Waals surface area contributed by atoms with Crippen LogP contribution in [0.25, 0.3) is 5.69 Å². The predicted molar refractivity (Wildman–Crippen MR) is 138 cm³/mol. The highest BCUT2D eigenvalue weighted by molar-refractivity contribution is 7.80. The number of benzene rings is 2. The molecule has 0 amide bonds. The third-order valence-corrected chi connectivity index (χ3v) is 6.47. The van der Waals surface area contributed by atoms with Crippen LogP contribution in [0.5, 0.6) is 5.75 Å². The van der Waals surface area contributed by atoms with Gasteiger partial charge in [0.25, 0.3) is 0 Å². The van der Waals surface area contributed by atoms with Crippen LogP contribution >= 0.6 is 23.8 Å². The SMILES string of the molecule is COC(=O)c1cccc(-n2cccc2C2C(c3ccccn3)NC(=S)N2c2cc(Cl)ccc2O)c1. The van der Waals surface area contributed by atoms with Gasteiger partial charge in [0.15, 0.2) is 5.11 Å². The highest BCUT2D eigenvalue weighted by atomic mass is 35.5. The Morgan fingerprint density at radius 1 is 1.11 bits per heavy atom. The number of rotatable bonds is 5. The van der Waals surface area contributed by atoms with Gasteiger partial charge in [-0.1, -0.05) is 23.7 Å². The standard InChI is InChI=1S/C26H21ClN4O3S/c1-34-25(33)16-6-4-7-18(14-16)30-13-5-9-20(30)24-23(19-8-2-3-12-28-19)29-26(35)31(24)21-15-17(27)10-11-22(21)32/h2-15,23-24,32H,1H3,(H,29,35). The van der Waals surface area contributed by atoms with E-state index in [0.29, 0.717) is 21.4 Å². The molecule has 3 heterocycles. The molecule has 0 bridgehead atoms. The molecule has 1 saturated heterocycles. The van der Waals surface area contributed by atoms with Crippen LogP contribution in [0.4, 0.5) is 5.69 Å². The molecule has 0 radical (unpaired) electrons. The summed E-state index contributed by atoms with van der Waals surface area (Å²) in [5.41, 5.74) is 3.36. The number of nitrogens with zero attached hydrogens (tertiary/aromatic N) is 3. The summed E-state index contributed by atoms with van der Waals surface area (Å²) in [4.78, 5) is 18.6. The van der Waals surface area contributed by atoms with Gasteiger partial charge >= 0.3 is 5.97 Å². The molecule has 176 valence electrons. The largest absolute Gasteiger partial charge is 0.506 e. The second kappa shape index (κ2) is 9.40. The van der Waals surface area contributed by atoms with Crippen molar-refractivity contribution in [3.63, 3.8) is 0 Å². The fourth-order valence-electron chi connectivity index (χ4n) is 4.38. The Labute approximate surface area is 212 Å². The Bertz CT molecular complexity index is 1410. The molecule has 9 heteroatoms. The Hall–Kier alpha value is -3.88. The summed E-state index contributed by atoms with van der Waals surface area (Å²) in [5.74, 6) is -0.364. The maximum atomic E-state index is 12.1. The second-order valence-electron chi connectivity index (χ2n) is 7.97. The van der Waals surface area contributed by atoms with Crippen LogP contribution in [0, 0.1) is 0 Å². The molecule has 2 aromatic carbocycles. The lowest BCUT2D eigenvalue weighted by molar-refractivity contribution is 0.0600. The van der Waals surface area contributed by atoms with Gasteiger partial charge in [-0.15, -0.1) is 0 Å². The summed E-state index contributed by atoms with van der Waals surface area (Å²) in [6, 6.07) is 20.9. The van der Waals surface area contributed by atoms with Crippen LogP contribution in [-0.2, 0) is 4.74 Å². The number of esters is 1. The molecule has 2 N–H and O–H groups in total. The van der Waals surface area contributed by atoms with E-state index in [9.17, 15) is 9.90 Å². The van der Waals surface area contributed by atoms with Crippen molar-refractivity contribution in [3.05, 3.63) is 107 Å². The van der Waals surface area contributed by atoms with Crippen molar-refractivity contribution in [1.29, 1.82) is 0 Å². The normalized spacial score (nSPS) is 17.3. The Balaban J connectivity index is 1.68. The molecule has 4 aromatic rings. The van der Waals surface area contributed by atoms with Gasteiger partial charge in [-0.05, 0) is 72.9 Å². The number of aromatic nitrogens is 2. The van der Waals surface area contributed by atoms with Crippen LogP contribution in [0.15, 0.2) is 85.2 Å². The van der Waals surface area contributed by atoms with Crippen LogP contribution in [0.3, 0.4) is 0 Å².